The molecule has 0 radical (unpaired) electrons. The Kier molecular flexibility index (Phi) is 3.38. The molecule has 2 aromatic heterocycles. The van der Waals surface area contributed by atoms with Crippen molar-refractivity contribution in [2.45, 2.75) is 0 Å². The molecule has 1 aliphatic rings. The highest BCUT2D eigenvalue weighted by Crippen LogP contribution is 2.19. The number of nitrogens with one attached hydrogen (secondary N) is 1. The zero-order chi connectivity index (χ0) is 15.6. The van der Waals surface area contributed by atoms with Gasteiger partial charge in [-0.05, 0) is 11.5 Å². The molecular formula is C16H16N6O. The van der Waals surface area contributed by atoms with Crippen LogP contribution >= 0.6 is 0 Å². The first-order valence-corrected chi connectivity index (χ1v) is 7.56. The number of piperazine rings is 1. The van der Waals surface area contributed by atoms with Gasteiger partial charge in [-0.15, -0.1) is 0 Å². The average Bonchev–Trinajstić information content (AvgIpc) is 3.15. The van der Waals surface area contributed by atoms with E-state index in [1.54, 1.807) is 6.20 Å². The van der Waals surface area contributed by atoms with E-state index in [9.17, 15) is 4.79 Å². The number of H-pyrrole nitrogens is 1. The molecule has 0 atom stereocenters. The van der Waals surface area contributed by atoms with Crippen molar-refractivity contribution in [1.29, 1.82) is 0 Å². The van der Waals surface area contributed by atoms with Crippen LogP contribution in [0.25, 0.3) is 10.8 Å². The van der Waals surface area contributed by atoms with Gasteiger partial charge in [0.25, 0.3) is 5.91 Å². The maximum Gasteiger partial charge on any atom is 0.273 e. The maximum atomic E-state index is 12.8. The number of nitrogens with zero attached hydrogens (tertiary/aromatic N) is 5. The topological polar surface area (TPSA) is 78.0 Å². The summed E-state index contributed by atoms with van der Waals surface area (Å²) in [4.78, 5) is 25.2. The van der Waals surface area contributed by atoms with E-state index in [0.717, 1.165) is 29.8 Å². The molecule has 7 nitrogen and oxygen atoms in total. The van der Waals surface area contributed by atoms with E-state index in [4.69, 9.17) is 0 Å². The second kappa shape index (κ2) is 5.68. The van der Waals surface area contributed by atoms with Crippen LogP contribution in [0.3, 0.4) is 0 Å². The van der Waals surface area contributed by atoms with Gasteiger partial charge in [0.05, 0.1) is 0 Å². The Morgan fingerprint density at radius 2 is 1.87 bits per heavy atom. The second-order valence-electron chi connectivity index (χ2n) is 5.47. The molecule has 7 heteroatoms. The highest BCUT2D eigenvalue weighted by molar-refractivity contribution is 6.05. The van der Waals surface area contributed by atoms with E-state index in [0.29, 0.717) is 18.8 Å². The number of fused-ring (bicyclic) bond motifs is 1. The summed E-state index contributed by atoms with van der Waals surface area (Å²) in [5, 5.41) is 8.65. The second-order valence-corrected chi connectivity index (χ2v) is 5.47. The third kappa shape index (κ3) is 2.50. The molecule has 3 aromatic rings. The minimum atomic E-state index is -0.0148. The molecule has 0 saturated carbocycles. The number of anilines is 1. The highest BCUT2D eigenvalue weighted by atomic mass is 16.2. The van der Waals surface area contributed by atoms with Gasteiger partial charge in [-0.1, -0.05) is 24.3 Å². The minimum Gasteiger partial charge on any atom is -0.338 e. The molecule has 1 N–H and O–H groups in total. The van der Waals surface area contributed by atoms with Crippen LogP contribution in [0.4, 0.5) is 5.95 Å². The van der Waals surface area contributed by atoms with Crippen LogP contribution in [0.15, 0.2) is 42.9 Å². The minimum absolute atomic E-state index is 0.0148. The van der Waals surface area contributed by atoms with E-state index in [1.165, 1.54) is 6.33 Å². The molecular weight excluding hydrogens is 292 g/mol. The summed E-state index contributed by atoms with van der Waals surface area (Å²) >= 11 is 0. The van der Waals surface area contributed by atoms with Gasteiger partial charge in [-0.25, -0.2) is 5.10 Å². The van der Waals surface area contributed by atoms with E-state index < -0.39 is 0 Å². The van der Waals surface area contributed by atoms with E-state index in [2.05, 4.69) is 25.1 Å². The molecule has 1 fully saturated rings. The van der Waals surface area contributed by atoms with E-state index >= 15 is 0 Å². The van der Waals surface area contributed by atoms with Crippen LogP contribution in [-0.2, 0) is 0 Å². The first kappa shape index (κ1) is 13.7. The molecule has 116 valence electrons. The Morgan fingerprint density at radius 1 is 1.04 bits per heavy atom. The third-order valence-electron chi connectivity index (χ3n) is 4.14. The quantitative estimate of drug-likeness (QED) is 0.772. The lowest BCUT2D eigenvalue weighted by atomic mass is 10.1. The fourth-order valence-electron chi connectivity index (χ4n) is 2.91. The van der Waals surface area contributed by atoms with Gasteiger partial charge >= 0.3 is 0 Å². The molecule has 23 heavy (non-hydrogen) atoms. The largest absolute Gasteiger partial charge is 0.338 e. The molecule has 1 amide bonds. The lowest BCUT2D eigenvalue weighted by molar-refractivity contribution is 0.0742. The number of hydrogen-bond donors (Lipinski definition) is 1. The van der Waals surface area contributed by atoms with Gasteiger partial charge in [-0.2, -0.15) is 10.1 Å². The molecule has 0 aliphatic carbocycles. The zero-order valence-corrected chi connectivity index (χ0v) is 12.5. The number of aromatic nitrogens is 4. The van der Waals surface area contributed by atoms with E-state index in [1.807, 2.05) is 35.2 Å². The van der Waals surface area contributed by atoms with Crippen molar-refractivity contribution >= 4 is 22.6 Å². The number of benzene rings is 1. The van der Waals surface area contributed by atoms with Crippen LogP contribution < -0.4 is 4.90 Å². The van der Waals surface area contributed by atoms with Gasteiger partial charge in [0, 0.05) is 37.8 Å². The first-order chi connectivity index (χ1) is 11.3. The molecule has 0 spiro atoms. The summed E-state index contributed by atoms with van der Waals surface area (Å²) in [7, 11) is 0. The zero-order valence-electron chi connectivity index (χ0n) is 12.5. The molecule has 0 unspecified atom stereocenters. The fourth-order valence-corrected chi connectivity index (χ4v) is 2.91. The number of aromatic amines is 1. The third-order valence-corrected chi connectivity index (χ3v) is 4.14. The lowest BCUT2D eigenvalue weighted by Crippen LogP contribution is -2.49. The molecule has 0 bridgehead atoms. The first-order valence-electron chi connectivity index (χ1n) is 7.56. The van der Waals surface area contributed by atoms with Crippen LogP contribution in [0.5, 0.6) is 0 Å². The van der Waals surface area contributed by atoms with Crippen molar-refractivity contribution in [2.75, 3.05) is 31.1 Å². The number of rotatable bonds is 2. The molecule has 3 heterocycles. The summed E-state index contributed by atoms with van der Waals surface area (Å²) in [6.45, 7) is 2.74. The van der Waals surface area contributed by atoms with Crippen molar-refractivity contribution in [3.8, 4) is 0 Å². The summed E-state index contributed by atoms with van der Waals surface area (Å²) in [6.07, 6.45) is 3.19. The molecule has 1 aromatic carbocycles. The van der Waals surface area contributed by atoms with Gasteiger partial charge in [0.15, 0.2) is 0 Å². The monoisotopic (exact) mass is 308 g/mol. The number of carbonyl (C=O) groups is 1. The highest BCUT2D eigenvalue weighted by Gasteiger charge is 2.25. The van der Waals surface area contributed by atoms with Gasteiger partial charge in [-0.3, -0.25) is 9.78 Å². The van der Waals surface area contributed by atoms with Crippen LogP contribution in [0.1, 0.15) is 10.5 Å². The normalized spacial score (nSPS) is 15.1. The smallest absolute Gasteiger partial charge is 0.273 e. The van der Waals surface area contributed by atoms with Gasteiger partial charge < -0.3 is 9.80 Å². The summed E-state index contributed by atoms with van der Waals surface area (Å²) in [5.74, 6) is 0.736. The SMILES string of the molecule is O=C(c1nccc2ccccc12)N1CCN(c2ncn[nH]2)CC1. The number of hydrogen-bond acceptors (Lipinski definition) is 5. The summed E-state index contributed by atoms with van der Waals surface area (Å²) in [5.41, 5.74) is 0.524. The average molecular weight is 308 g/mol. The lowest BCUT2D eigenvalue weighted by Gasteiger charge is -2.34. The van der Waals surface area contributed by atoms with Crippen molar-refractivity contribution in [3.63, 3.8) is 0 Å². The molecule has 1 aliphatic heterocycles. The Morgan fingerprint density at radius 3 is 2.65 bits per heavy atom. The van der Waals surface area contributed by atoms with Crippen LogP contribution in [0.2, 0.25) is 0 Å². The predicted octanol–water partition coefficient (Wildman–Crippen LogP) is 1.32. The number of amides is 1. The van der Waals surface area contributed by atoms with Crippen molar-refractivity contribution in [2.24, 2.45) is 0 Å². The Balaban J connectivity index is 1.54. The predicted molar refractivity (Wildman–Crippen MR) is 86.2 cm³/mol. The standard InChI is InChI=1S/C16H16N6O/c23-15(14-13-4-2-1-3-12(13)5-6-17-14)21-7-9-22(10-8-21)16-18-11-19-20-16/h1-6,11H,7-10H2,(H,18,19,20). The fraction of sp³-hybridized carbons (Fsp3) is 0.250. The van der Waals surface area contributed by atoms with Crippen molar-refractivity contribution < 1.29 is 4.79 Å². The van der Waals surface area contributed by atoms with Gasteiger partial charge in [0.1, 0.15) is 12.0 Å². The molecule has 4 rings (SSSR count). The maximum absolute atomic E-state index is 12.8. The molecule has 1 saturated heterocycles. The number of carbonyl (C=O) groups excluding carboxylic acids is 1. The van der Waals surface area contributed by atoms with E-state index in [-0.39, 0.29) is 5.91 Å². The number of pyridine rings is 1. The summed E-state index contributed by atoms with van der Waals surface area (Å²) in [6, 6.07) is 9.76. The Hall–Kier alpha value is -2.96. The van der Waals surface area contributed by atoms with Crippen molar-refractivity contribution in [1.82, 2.24) is 25.1 Å². The van der Waals surface area contributed by atoms with Crippen LogP contribution in [-0.4, -0.2) is 57.2 Å². The van der Waals surface area contributed by atoms with Crippen molar-refractivity contribution in [3.05, 3.63) is 48.5 Å². The van der Waals surface area contributed by atoms with Gasteiger partial charge in [0.2, 0.25) is 5.95 Å². The summed E-state index contributed by atoms with van der Waals surface area (Å²) < 4.78 is 0. The Bertz CT molecular complexity index is 818. The van der Waals surface area contributed by atoms with Crippen LogP contribution in [0, 0.1) is 0 Å². The Labute approximate surface area is 133 Å².